The fraction of sp³-hybridized carbons (Fsp3) is 0.174. The summed E-state index contributed by atoms with van der Waals surface area (Å²) in [5, 5.41) is 6.08. The van der Waals surface area contributed by atoms with Gasteiger partial charge in [0.15, 0.2) is 0 Å². The summed E-state index contributed by atoms with van der Waals surface area (Å²) in [4.78, 5) is 18.3. The maximum absolute atomic E-state index is 12.4. The van der Waals surface area contributed by atoms with E-state index in [2.05, 4.69) is 10.1 Å². The Bertz CT molecular complexity index is 1140. The van der Waals surface area contributed by atoms with E-state index < -0.39 is 0 Å². The Morgan fingerprint density at radius 3 is 2.55 bits per heavy atom. The summed E-state index contributed by atoms with van der Waals surface area (Å²) in [5.41, 5.74) is 1.58. The van der Waals surface area contributed by atoms with E-state index in [9.17, 15) is 4.79 Å². The van der Waals surface area contributed by atoms with Crippen molar-refractivity contribution in [2.45, 2.75) is 6.92 Å². The molecule has 0 radical (unpaired) electrons. The van der Waals surface area contributed by atoms with Crippen LogP contribution in [0.25, 0.3) is 22.2 Å². The minimum absolute atomic E-state index is 0.0167. The van der Waals surface area contributed by atoms with Crippen LogP contribution in [-0.2, 0) is 0 Å². The van der Waals surface area contributed by atoms with Gasteiger partial charge in [0.2, 0.25) is 11.7 Å². The van der Waals surface area contributed by atoms with E-state index >= 15 is 0 Å². The number of hydrogen-bond donors (Lipinski definition) is 0. The number of fused-ring (bicyclic) bond motifs is 1. The van der Waals surface area contributed by atoms with Crippen LogP contribution >= 0.6 is 0 Å². The fourth-order valence-corrected chi connectivity index (χ4v) is 3.07. The molecule has 0 aliphatic heterocycles. The summed E-state index contributed by atoms with van der Waals surface area (Å²) in [6, 6.07) is 21.1. The summed E-state index contributed by atoms with van der Waals surface area (Å²) in [6.45, 7) is 2.69. The first-order chi connectivity index (χ1) is 14.1. The number of amides is 1. The molecule has 0 saturated carbocycles. The summed E-state index contributed by atoms with van der Waals surface area (Å²) in [7, 11) is 1.78. The molecule has 0 aliphatic carbocycles. The zero-order valence-corrected chi connectivity index (χ0v) is 16.3. The standard InChI is InChI=1S/C23H21N3O3/c1-16-24-22(25-29-16)20-9-8-19-15-21(11-10-18(19)14-20)28-13-12-26(2)23(27)17-6-4-3-5-7-17/h3-11,14-15H,12-13H2,1-2H3. The average molecular weight is 387 g/mol. The summed E-state index contributed by atoms with van der Waals surface area (Å²) in [5.74, 6) is 1.87. The van der Waals surface area contributed by atoms with E-state index in [1.807, 2.05) is 66.7 Å². The molecule has 6 heteroatoms. The third-order valence-electron chi connectivity index (χ3n) is 4.66. The lowest BCUT2D eigenvalue weighted by Crippen LogP contribution is -2.30. The number of aromatic nitrogens is 2. The molecule has 1 amide bonds. The molecule has 146 valence electrons. The van der Waals surface area contributed by atoms with E-state index in [0.29, 0.717) is 30.4 Å². The molecule has 0 unspecified atom stereocenters. The van der Waals surface area contributed by atoms with Crippen LogP contribution < -0.4 is 4.74 Å². The molecule has 4 aromatic rings. The summed E-state index contributed by atoms with van der Waals surface area (Å²) < 4.78 is 10.9. The molecule has 0 saturated heterocycles. The van der Waals surface area contributed by atoms with Gasteiger partial charge >= 0.3 is 0 Å². The van der Waals surface area contributed by atoms with Crippen LogP contribution in [0.2, 0.25) is 0 Å². The largest absolute Gasteiger partial charge is 0.492 e. The third-order valence-corrected chi connectivity index (χ3v) is 4.66. The minimum Gasteiger partial charge on any atom is -0.492 e. The van der Waals surface area contributed by atoms with E-state index in [1.54, 1.807) is 18.9 Å². The molecule has 0 bridgehead atoms. The van der Waals surface area contributed by atoms with Crippen LogP contribution in [0.3, 0.4) is 0 Å². The van der Waals surface area contributed by atoms with Gasteiger partial charge in [-0.2, -0.15) is 4.98 Å². The maximum Gasteiger partial charge on any atom is 0.253 e. The maximum atomic E-state index is 12.4. The second kappa shape index (κ2) is 8.14. The molecule has 0 fully saturated rings. The zero-order chi connectivity index (χ0) is 20.2. The van der Waals surface area contributed by atoms with E-state index in [1.165, 1.54) is 0 Å². The number of hydrogen-bond acceptors (Lipinski definition) is 5. The van der Waals surface area contributed by atoms with Crippen LogP contribution in [0.15, 0.2) is 71.3 Å². The molecule has 4 rings (SSSR count). The molecule has 6 nitrogen and oxygen atoms in total. The number of ether oxygens (including phenoxy) is 1. The monoisotopic (exact) mass is 387 g/mol. The van der Waals surface area contributed by atoms with E-state index in [-0.39, 0.29) is 5.91 Å². The number of carbonyl (C=O) groups is 1. The molecule has 0 spiro atoms. The quantitative estimate of drug-likeness (QED) is 0.492. The van der Waals surface area contributed by atoms with Gasteiger partial charge in [-0.15, -0.1) is 0 Å². The molecule has 1 heterocycles. The van der Waals surface area contributed by atoms with Crippen molar-refractivity contribution in [2.75, 3.05) is 20.2 Å². The molecule has 0 N–H and O–H groups in total. The lowest BCUT2D eigenvalue weighted by molar-refractivity contribution is 0.0774. The highest BCUT2D eigenvalue weighted by Gasteiger charge is 2.11. The van der Waals surface area contributed by atoms with Gasteiger partial charge in [-0.1, -0.05) is 41.6 Å². The Labute approximate surface area is 168 Å². The van der Waals surface area contributed by atoms with Crippen molar-refractivity contribution in [1.29, 1.82) is 0 Å². The second-order valence-electron chi connectivity index (χ2n) is 6.80. The Kier molecular flexibility index (Phi) is 5.24. The highest BCUT2D eigenvalue weighted by atomic mass is 16.5. The van der Waals surface area contributed by atoms with Gasteiger partial charge in [0.25, 0.3) is 5.91 Å². The highest BCUT2D eigenvalue weighted by Crippen LogP contribution is 2.25. The second-order valence-corrected chi connectivity index (χ2v) is 6.80. The van der Waals surface area contributed by atoms with Crippen LogP contribution in [0.4, 0.5) is 0 Å². The van der Waals surface area contributed by atoms with Crippen molar-refractivity contribution < 1.29 is 14.1 Å². The predicted molar refractivity (Wildman–Crippen MR) is 111 cm³/mol. The van der Waals surface area contributed by atoms with Crippen molar-refractivity contribution in [3.63, 3.8) is 0 Å². The van der Waals surface area contributed by atoms with Gasteiger partial charge in [0.1, 0.15) is 12.4 Å². The van der Waals surface area contributed by atoms with Crippen molar-refractivity contribution in [3.05, 3.63) is 78.2 Å². The van der Waals surface area contributed by atoms with Crippen LogP contribution in [0.5, 0.6) is 5.75 Å². The van der Waals surface area contributed by atoms with Crippen LogP contribution in [0, 0.1) is 6.92 Å². The first-order valence-corrected chi connectivity index (χ1v) is 9.38. The molecule has 1 aromatic heterocycles. The number of rotatable bonds is 6. The Morgan fingerprint density at radius 2 is 1.79 bits per heavy atom. The van der Waals surface area contributed by atoms with Gasteiger partial charge in [-0.05, 0) is 41.1 Å². The topological polar surface area (TPSA) is 68.5 Å². The van der Waals surface area contributed by atoms with Crippen molar-refractivity contribution >= 4 is 16.7 Å². The normalized spacial score (nSPS) is 10.8. The highest BCUT2D eigenvalue weighted by molar-refractivity contribution is 5.94. The van der Waals surface area contributed by atoms with Crippen LogP contribution in [-0.4, -0.2) is 41.1 Å². The molecule has 29 heavy (non-hydrogen) atoms. The van der Waals surface area contributed by atoms with Gasteiger partial charge in [-0.3, -0.25) is 4.79 Å². The van der Waals surface area contributed by atoms with Gasteiger partial charge in [0.05, 0.1) is 6.54 Å². The van der Waals surface area contributed by atoms with Crippen molar-refractivity contribution in [3.8, 4) is 17.1 Å². The van der Waals surface area contributed by atoms with Gasteiger partial charge in [0, 0.05) is 25.1 Å². The van der Waals surface area contributed by atoms with Gasteiger partial charge in [-0.25, -0.2) is 0 Å². The molecule has 0 aliphatic rings. The fourth-order valence-electron chi connectivity index (χ4n) is 3.07. The zero-order valence-electron chi connectivity index (χ0n) is 16.3. The number of aryl methyl sites for hydroxylation is 1. The van der Waals surface area contributed by atoms with Crippen molar-refractivity contribution in [2.24, 2.45) is 0 Å². The SMILES string of the molecule is Cc1nc(-c2ccc3cc(OCCN(C)C(=O)c4ccccc4)ccc3c2)no1. The van der Waals surface area contributed by atoms with E-state index in [0.717, 1.165) is 22.1 Å². The average Bonchev–Trinajstić information content (AvgIpc) is 3.19. The molecular formula is C23H21N3O3. The molecule has 3 aromatic carbocycles. The molecule has 0 atom stereocenters. The summed E-state index contributed by atoms with van der Waals surface area (Å²) in [6.07, 6.45) is 0. The molecular weight excluding hydrogens is 366 g/mol. The van der Waals surface area contributed by atoms with Crippen LogP contribution in [0.1, 0.15) is 16.2 Å². The Hall–Kier alpha value is -3.67. The summed E-state index contributed by atoms with van der Waals surface area (Å²) >= 11 is 0. The smallest absolute Gasteiger partial charge is 0.253 e. The van der Waals surface area contributed by atoms with E-state index in [4.69, 9.17) is 9.26 Å². The first-order valence-electron chi connectivity index (χ1n) is 9.38. The lowest BCUT2D eigenvalue weighted by Gasteiger charge is -2.17. The first kappa shape index (κ1) is 18.7. The Morgan fingerprint density at radius 1 is 1.03 bits per heavy atom. The third kappa shape index (κ3) is 4.27. The number of likely N-dealkylation sites (N-methyl/N-ethyl adjacent to an activating group) is 1. The number of carbonyl (C=O) groups excluding carboxylic acids is 1. The number of nitrogens with zero attached hydrogens (tertiary/aromatic N) is 3. The predicted octanol–water partition coefficient (Wildman–Crippen LogP) is 4.35. The minimum atomic E-state index is -0.0167. The Balaban J connectivity index is 1.39. The van der Waals surface area contributed by atoms with Gasteiger partial charge < -0.3 is 14.2 Å². The number of benzene rings is 3. The lowest BCUT2D eigenvalue weighted by atomic mass is 10.1. The van der Waals surface area contributed by atoms with Crippen molar-refractivity contribution in [1.82, 2.24) is 15.0 Å².